The lowest BCUT2D eigenvalue weighted by molar-refractivity contribution is -0.121. The molecular formula is C12H17O2. The predicted octanol–water partition coefficient (Wildman–Crippen LogP) is 2.44. The average Bonchev–Trinajstić information content (AvgIpc) is 2.50. The molecule has 0 amide bonds. The number of hydrogen-bond acceptors (Lipinski definition) is 2. The van der Waals surface area contributed by atoms with Crippen LogP contribution in [0.15, 0.2) is 12.2 Å². The first-order valence-corrected chi connectivity index (χ1v) is 5.32. The van der Waals surface area contributed by atoms with E-state index in [1.807, 2.05) is 6.29 Å². The van der Waals surface area contributed by atoms with Gasteiger partial charge in [-0.25, -0.2) is 0 Å². The zero-order chi connectivity index (χ0) is 10.4. The third-order valence-electron chi connectivity index (χ3n) is 2.88. The van der Waals surface area contributed by atoms with Crippen LogP contribution >= 0.6 is 0 Å². The first-order valence-electron chi connectivity index (χ1n) is 5.32. The molecular weight excluding hydrogens is 176 g/mol. The Morgan fingerprint density at radius 2 is 2.29 bits per heavy atom. The third kappa shape index (κ3) is 2.79. The van der Waals surface area contributed by atoms with Crippen molar-refractivity contribution in [2.24, 2.45) is 11.8 Å². The Bertz CT molecular complexity index is 230. The van der Waals surface area contributed by atoms with Crippen molar-refractivity contribution in [3.8, 4) is 0 Å². The van der Waals surface area contributed by atoms with Crippen LogP contribution in [0.1, 0.15) is 39.0 Å². The molecule has 2 nitrogen and oxygen atoms in total. The van der Waals surface area contributed by atoms with Gasteiger partial charge in [0.15, 0.2) is 6.29 Å². The second kappa shape index (κ2) is 5.74. The van der Waals surface area contributed by atoms with Crippen LogP contribution in [0.25, 0.3) is 0 Å². The molecule has 0 aromatic carbocycles. The van der Waals surface area contributed by atoms with Crippen LogP contribution in [0.4, 0.5) is 0 Å². The summed E-state index contributed by atoms with van der Waals surface area (Å²) in [7, 11) is 0. The van der Waals surface area contributed by atoms with Crippen molar-refractivity contribution >= 4 is 12.1 Å². The highest BCUT2D eigenvalue weighted by Crippen LogP contribution is 2.33. The number of carbonyl (C=O) groups excluding carboxylic acids is 2. The van der Waals surface area contributed by atoms with Crippen LogP contribution in [0, 0.1) is 11.8 Å². The summed E-state index contributed by atoms with van der Waals surface area (Å²) < 4.78 is 0. The Balaban J connectivity index is 2.48. The predicted molar refractivity (Wildman–Crippen MR) is 55.6 cm³/mol. The largest absolute Gasteiger partial charge is 0.299 e. The molecule has 2 atom stereocenters. The first-order chi connectivity index (χ1) is 6.79. The fourth-order valence-corrected chi connectivity index (χ4v) is 2.06. The zero-order valence-corrected chi connectivity index (χ0v) is 8.66. The maximum atomic E-state index is 11.5. The molecule has 0 aromatic rings. The first kappa shape index (κ1) is 11.2. The van der Waals surface area contributed by atoms with E-state index in [1.165, 1.54) is 0 Å². The summed E-state index contributed by atoms with van der Waals surface area (Å²) >= 11 is 0. The van der Waals surface area contributed by atoms with Gasteiger partial charge < -0.3 is 0 Å². The summed E-state index contributed by atoms with van der Waals surface area (Å²) in [5.74, 6) is 0.659. The van der Waals surface area contributed by atoms with Gasteiger partial charge >= 0.3 is 0 Å². The maximum Gasteiger partial charge on any atom is 0.198 e. The minimum absolute atomic E-state index is 0.0826. The van der Waals surface area contributed by atoms with E-state index >= 15 is 0 Å². The Hall–Kier alpha value is -0.920. The van der Waals surface area contributed by atoms with Gasteiger partial charge in [-0.05, 0) is 25.2 Å². The average molecular weight is 193 g/mol. The molecule has 1 fully saturated rings. The molecule has 2 heteroatoms. The van der Waals surface area contributed by atoms with Crippen LogP contribution in [0.5, 0.6) is 0 Å². The van der Waals surface area contributed by atoms with Gasteiger partial charge in [0.2, 0.25) is 0 Å². The van der Waals surface area contributed by atoms with Crippen LogP contribution in [-0.4, -0.2) is 12.1 Å². The normalized spacial score (nSPS) is 27.4. The molecule has 14 heavy (non-hydrogen) atoms. The van der Waals surface area contributed by atoms with Gasteiger partial charge in [-0.3, -0.25) is 9.59 Å². The molecule has 0 bridgehead atoms. The molecule has 2 unspecified atom stereocenters. The molecule has 77 valence electrons. The molecule has 0 saturated heterocycles. The lowest BCUT2D eigenvalue weighted by Gasteiger charge is -2.12. The number of allylic oxidation sites excluding steroid dienone is 2. The van der Waals surface area contributed by atoms with Crippen molar-refractivity contribution in [3.63, 3.8) is 0 Å². The quantitative estimate of drug-likeness (QED) is 0.628. The Morgan fingerprint density at radius 1 is 1.50 bits per heavy atom. The summed E-state index contributed by atoms with van der Waals surface area (Å²) in [6, 6.07) is 0. The smallest absolute Gasteiger partial charge is 0.198 e. The van der Waals surface area contributed by atoms with Crippen LogP contribution in [0.3, 0.4) is 0 Å². The van der Waals surface area contributed by atoms with Gasteiger partial charge in [0.05, 0.1) is 0 Å². The number of rotatable bonds is 5. The molecule has 1 aliphatic rings. The van der Waals surface area contributed by atoms with E-state index in [9.17, 15) is 9.59 Å². The maximum absolute atomic E-state index is 11.5. The summed E-state index contributed by atoms with van der Waals surface area (Å²) in [4.78, 5) is 21.8. The fraction of sp³-hybridized carbons (Fsp3) is 0.667. The molecule has 1 radical (unpaired) electrons. The van der Waals surface area contributed by atoms with E-state index in [4.69, 9.17) is 0 Å². The van der Waals surface area contributed by atoms with E-state index in [-0.39, 0.29) is 11.8 Å². The SMILES string of the molecule is CC/C=C\CC1C(=O)CCC1C[C]=O. The summed E-state index contributed by atoms with van der Waals surface area (Å²) in [6.45, 7) is 2.07. The summed E-state index contributed by atoms with van der Waals surface area (Å²) in [5.41, 5.74) is 0. The van der Waals surface area contributed by atoms with Crippen molar-refractivity contribution in [2.75, 3.05) is 0 Å². The van der Waals surface area contributed by atoms with Crippen molar-refractivity contribution in [2.45, 2.75) is 39.0 Å². The summed E-state index contributed by atoms with van der Waals surface area (Å²) in [5, 5.41) is 0. The highest BCUT2D eigenvalue weighted by atomic mass is 16.1. The summed E-state index contributed by atoms with van der Waals surface area (Å²) in [6.07, 6.45) is 9.82. The molecule has 0 aliphatic heterocycles. The van der Waals surface area contributed by atoms with Crippen molar-refractivity contribution in [1.29, 1.82) is 0 Å². The van der Waals surface area contributed by atoms with Gasteiger partial charge in [-0.15, -0.1) is 0 Å². The van der Waals surface area contributed by atoms with Gasteiger partial charge in [-0.1, -0.05) is 19.1 Å². The minimum Gasteiger partial charge on any atom is -0.299 e. The second-order valence-corrected chi connectivity index (χ2v) is 3.84. The van der Waals surface area contributed by atoms with Gasteiger partial charge in [-0.2, -0.15) is 0 Å². The molecule has 1 aliphatic carbocycles. The van der Waals surface area contributed by atoms with E-state index in [0.29, 0.717) is 18.6 Å². The van der Waals surface area contributed by atoms with Crippen LogP contribution in [0.2, 0.25) is 0 Å². The van der Waals surface area contributed by atoms with Crippen molar-refractivity contribution in [3.05, 3.63) is 12.2 Å². The second-order valence-electron chi connectivity index (χ2n) is 3.84. The lowest BCUT2D eigenvalue weighted by Crippen LogP contribution is -2.14. The van der Waals surface area contributed by atoms with Gasteiger partial charge in [0.25, 0.3) is 0 Å². The van der Waals surface area contributed by atoms with Gasteiger partial charge in [0.1, 0.15) is 5.78 Å². The Labute approximate surface area is 85.4 Å². The van der Waals surface area contributed by atoms with E-state index < -0.39 is 0 Å². The molecule has 1 saturated carbocycles. The molecule has 1 rings (SSSR count). The molecule has 0 heterocycles. The van der Waals surface area contributed by atoms with Crippen molar-refractivity contribution < 1.29 is 9.59 Å². The van der Waals surface area contributed by atoms with E-state index in [1.54, 1.807) is 0 Å². The number of ketones is 1. The minimum atomic E-state index is 0.0826. The topological polar surface area (TPSA) is 34.1 Å². The molecule has 0 spiro atoms. The fourth-order valence-electron chi connectivity index (χ4n) is 2.06. The standard InChI is InChI=1S/C12H17O2/c1-2-3-4-5-11-10(8-9-13)6-7-12(11)14/h3-4,10-11H,2,5-8H2,1H3/b4-3-. The number of Topliss-reactive ketones (excluding diaryl/α,β-unsaturated/α-hetero) is 1. The van der Waals surface area contributed by atoms with E-state index in [2.05, 4.69) is 19.1 Å². The highest BCUT2D eigenvalue weighted by Gasteiger charge is 2.33. The Kier molecular flexibility index (Phi) is 4.57. The highest BCUT2D eigenvalue weighted by molar-refractivity contribution is 5.84. The Morgan fingerprint density at radius 3 is 2.93 bits per heavy atom. The number of hydrogen-bond donors (Lipinski definition) is 0. The van der Waals surface area contributed by atoms with E-state index in [0.717, 1.165) is 19.3 Å². The van der Waals surface area contributed by atoms with Crippen LogP contribution in [-0.2, 0) is 9.59 Å². The van der Waals surface area contributed by atoms with Gasteiger partial charge in [0, 0.05) is 18.8 Å². The van der Waals surface area contributed by atoms with Crippen LogP contribution < -0.4 is 0 Å². The zero-order valence-electron chi connectivity index (χ0n) is 8.66. The monoisotopic (exact) mass is 193 g/mol. The lowest BCUT2D eigenvalue weighted by atomic mass is 9.90. The van der Waals surface area contributed by atoms with Crippen molar-refractivity contribution in [1.82, 2.24) is 0 Å². The molecule has 0 N–H and O–H groups in total. The number of carbonyl (C=O) groups is 1. The molecule has 0 aromatic heterocycles. The third-order valence-corrected chi connectivity index (χ3v) is 2.88.